The Morgan fingerprint density at radius 3 is 2.71 bits per heavy atom. The molecule has 0 spiro atoms. The molecule has 1 aliphatic heterocycles. The molecule has 2 aromatic rings. The molecule has 0 aliphatic carbocycles. The highest BCUT2D eigenvalue weighted by Gasteiger charge is 2.32. The minimum absolute atomic E-state index is 0.0205. The Balaban J connectivity index is 1.63. The van der Waals surface area contributed by atoms with Crippen molar-refractivity contribution < 1.29 is 14.7 Å². The van der Waals surface area contributed by atoms with Gasteiger partial charge in [0.15, 0.2) is 0 Å². The number of benzene rings is 2. The van der Waals surface area contributed by atoms with E-state index in [4.69, 9.17) is 23.8 Å². The molecule has 2 amide bonds. The van der Waals surface area contributed by atoms with Crippen molar-refractivity contribution in [3.63, 3.8) is 0 Å². The number of nitrogens with zero attached hydrogens (tertiary/aromatic N) is 1. The van der Waals surface area contributed by atoms with Crippen LogP contribution in [0.25, 0.3) is 6.08 Å². The van der Waals surface area contributed by atoms with E-state index in [0.29, 0.717) is 25.5 Å². The zero-order valence-corrected chi connectivity index (χ0v) is 17.3. The van der Waals surface area contributed by atoms with Gasteiger partial charge in [-0.15, -0.1) is 0 Å². The van der Waals surface area contributed by atoms with Crippen LogP contribution in [-0.4, -0.2) is 32.7 Å². The second-order valence-corrected chi connectivity index (χ2v) is 8.31. The lowest BCUT2D eigenvalue weighted by Crippen LogP contribution is -2.31. The number of phenols is 1. The molecule has 0 atom stereocenters. The Morgan fingerprint density at radius 1 is 1.29 bits per heavy atom. The first-order chi connectivity index (χ1) is 13.3. The van der Waals surface area contributed by atoms with Crippen molar-refractivity contribution in [2.24, 2.45) is 0 Å². The van der Waals surface area contributed by atoms with Crippen molar-refractivity contribution >= 4 is 63.5 Å². The molecule has 0 radical (unpaired) electrons. The monoisotopic (exact) mass is 432 g/mol. The highest BCUT2D eigenvalue weighted by Crippen LogP contribution is 2.34. The van der Waals surface area contributed by atoms with Gasteiger partial charge in [-0.1, -0.05) is 53.3 Å². The number of thiocarbonyl (C=S) groups is 1. The van der Waals surface area contributed by atoms with Gasteiger partial charge in [0, 0.05) is 29.2 Å². The number of hydrogen-bond acceptors (Lipinski definition) is 5. The average Bonchev–Trinajstić information content (AvgIpc) is 2.91. The number of amides is 2. The predicted molar refractivity (Wildman–Crippen MR) is 117 cm³/mol. The molecule has 1 aliphatic rings. The highest BCUT2D eigenvalue weighted by atomic mass is 35.5. The van der Waals surface area contributed by atoms with E-state index >= 15 is 0 Å². The van der Waals surface area contributed by atoms with Gasteiger partial charge >= 0.3 is 0 Å². The lowest BCUT2D eigenvalue weighted by atomic mass is 10.2. The summed E-state index contributed by atoms with van der Waals surface area (Å²) in [6.45, 7) is 2.15. The van der Waals surface area contributed by atoms with Crippen LogP contribution in [0.1, 0.15) is 17.5 Å². The molecule has 0 bridgehead atoms. The maximum Gasteiger partial charge on any atom is 0.266 e. The summed E-state index contributed by atoms with van der Waals surface area (Å²) in [5, 5.41) is 13.2. The molecular formula is C20H17ClN2O3S2. The molecule has 1 saturated heterocycles. The van der Waals surface area contributed by atoms with Crippen molar-refractivity contribution in [3.8, 4) is 5.75 Å². The summed E-state index contributed by atoms with van der Waals surface area (Å²) in [5.74, 6) is -0.473. The van der Waals surface area contributed by atoms with E-state index in [1.165, 1.54) is 11.0 Å². The molecule has 1 fully saturated rings. The van der Waals surface area contributed by atoms with Crippen LogP contribution in [-0.2, 0) is 9.59 Å². The second-order valence-electron chi connectivity index (χ2n) is 6.20. The minimum atomic E-state index is -0.294. The minimum Gasteiger partial charge on any atom is -0.507 e. The lowest BCUT2D eigenvalue weighted by molar-refractivity contribution is -0.122. The fourth-order valence-corrected chi connectivity index (χ4v) is 4.03. The number of carbonyl (C=O) groups is 2. The van der Waals surface area contributed by atoms with Gasteiger partial charge in [-0.3, -0.25) is 14.5 Å². The first-order valence-corrected chi connectivity index (χ1v) is 10.0. The standard InChI is InChI=1S/C20H17ClN2O3S2/c1-12-2-5-15(6-3-12)22-18(25)8-9-23-19(26)17(28-20(23)27)11-13-10-14(21)4-7-16(13)24/h2-7,10-11,24H,8-9H2,1H3,(H,22,25)/b17-11-. The average molecular weight is 433 g/mol. The highest BCUT2D eigenvalue weighted by molar-refractivity contribution is 8.26. The van der Waals surface area contributed by atoms with Gasteiger partial charge in [-0.2, -0.15) is 0 Å². The number of hydrogen-bond donors (Lipinski definition) is 2. The molecule has 0 unspecified atom stereocenters. The van der Waals surface area contributed by atoms with E-state index in [0.717, 1.165) is 17.3 Å². The molecule has 28 heavy (non-hydrogen) atoms. The summed E-state index contributed by atoms with van der Waals surface area (Å²) in [5.41, 5.74) is 2.25. The van der Waals surface area contributed by atoms with Gasteiger partial charge in [0.25, 0.3) is 5.91 Å². The fourth-order valence-electron chi connectivity index (χ4n) is 2.55. The van der Waals surface area contributed by atoms with Crippen molar-refractivity contribution in [1.82, 2.24) is 4.90 Å². The third-order valence-corrected chi connectivity index (χ3v) is 5.66. The van der Waals surface area contributed by atoms with Crippen LogP contribution >= 0.6 is 35.6 Å². The molecule has 0 saturated carbocycles. The zero-order chi connectivity index (χ0) is 20.3. The summed E-state index contributed by atoms with van der Waals surface area (Å²) in [6, 6.07) is 12.1. The third kappa shape index (κ3) is 4.92. The number of halogens is 1. The maximum absolute atomic E-state index is 12.6. The van der Waals surface area contributed by atoms with Gasteiger partial charge in [-0.25, -0.2) is 0 Å². The molecule has 2 N–H and O–H groups in total. The van der Waals surface area contributed by atoms with Gasteiger partial charge in [-0.05, 0) is 43.3 Å². The van der Waals surface area contributed by atoms with Crippen LogP contribution in [0.5, 0.6) is 5.75 Å². The normalized spacial score (nSPS) is 15.4. The molecule has 1 heterocycles. The fraction of sp³-hybridized carbons (Fsp3) is 0.150. The van der Waals surface area contributed by atoms with Crippen LogP contribution in [0, 0.1) is 6.92 Å². The van der Waals surface area contributed by atoms with Gasteiger partial charge < -0.3 is 10.4 Å². The van der Waals surface area contributed by atoms with Crippen LogP contribution in [0.15, 0.2) is 47.4 Å². The summed E-state index contributed by atoms with van der Waals surface area (Å²) >= 11 is 12.3. The summed E-state index contributed by atoms with van der Waals surface area (Å²) in [4.78, 5) is 26.6. The van der Waals surface area contributed by atoms with Crippen LogP contribution in [0.4, 0.5) is 5.69 Å². The number of anilines is 1. The van der Waals surface area contributed by atoms with Gasteiger partial charge in [0.2, 0.25) is 5.91 Å². The lowest BCUT2D eigenvalue weighted by Gasteiger charge is -2.14. The third-order valence-electron chi connectivity index (χ3n) is 4.05. The molecule has 3 rings (SSSR count). The molecule has 8 heteroatoms. The topological polar surface area (TPSA) is 69.6 Å². The van der Waals surface area contributed by atoms with Crippen LogP contribution < -0.4 is 5.32 Å². The van der Waals surface area contributed by atoms with Crippen molar-refractivity contribution in [2.75, 3.05) is 11.9 Å². The quantitative estimate of drug-likeness (QED) is 0.534. The Morgan fingerprint density at radius 2 is 2.00 bits per heavy atom. The molecule has 2 aromatic carbocycles. The summed E-state index contributed by atoms with van der Waals surface area (Å²) in [6.07, 6.45) is 1.67. The largest absolute Gasteiger partial charge is 0.507 e. The first kappa shape index (κ1) is 20.4. The maximum atomic E-state index is 12.6. The molecule has 5 nitrogen and oxygen atoms in total. The van der Waals surface area contributed by atoms with Crippen LogP contribution in [0.2, 0.25) is 5.02 Å². The Bertz CT molecular complexity index is 974. The summed E-state index contributed by atoms with van der Waals surface area (Å²) < 4.78 is 0.376. The van der Waals surface area contributed by atoms with Crippen molar-refractivity contribution in [3.05, 3.63) is 63.5 Å². The van der Waals surface area contributed by atoms with E-state index in [2.05, 4.69) is 5.32 Å². The predicted octanol–water partition coefficient (Wildman–Crippen LogP) is 4.58. The smallest absolute Gasteiger partial charge is 0.266 e. The Labute approximate surface area is 177 Å². The van der Waals surface area contributed by atoms with Crippen LogP contribution in [0.3, 0.4) is 0 Å². The van der Waals surface area contributed by atoms with E-state index in [1.54, 1.807) is 18.2 Å². The number of phenolic OH excluding ortho intramolecular Hbond substituents is 1. The number of rotatable bonds is 5. The van der Waals surface area contributed by atoms with Crippen molar-refractivity contribution in [2.45, 2.75) is 13.3 Å². The molecule has 144 valence electrons. The SMILES string of the molecule is Cc1ccc(NC(=O)CCN2C(=O)/C(=C/c3cc(Cl)ccc3O)SC2=S)cc1. The second kappa shape index (κ2) is 8.77. The number of carbonyl (C=O) groups excluding carboxylic acids is 2. The van der Waals surface area contributed by atoms with E-state index in [1.807, 2.05) is 31.2 Å². The number of nitrogens with one attached hydrogen (secondary N) is 1. The molecule has 0 aromatic heterocycles. The Kier molecular flexibility index (Phi) is 6.39. The number of thioether (sulfide) groups is 1. The van der Waals surface area contributed by atoms with Gasteiger partial charge in [0.1, 0.15) is 10.1 Å². The van der Waals surface area contributed by atoms with E-state index in [-0.39, 0.29) is 30.5 Å². The number of aromatic hydroxyl groups is 1. The Hall–Kier alpha value is -2.35. The van der Waals surface area contributed by atoms with Crippen molar-refractivity contribution in [1.29, 1.82) is 0 Å². The zero-order valence-electron chi connectivity index (χ0n) is 14.9. The van der Waals surface area contributed by atoms with Gasteiger partial charge in [0.05, 0.1) is 4.91 Å². The number of aryl methyl sites for hydroxylation is 1. The summed E-state index contributed by atoms with van der Waals surface area (Å²) in [7, 11) is 0. The van der Waals surface area contributed by atoms with E-state index in [9.17, 15) is 14.7 Å². The molecular weight excluding hydrogens is 416 g/mol. The van der Waals surface area contributed by atoms with E-state index < -0.39 is 0 Å². The first-order valence-electron chi connectivity index (χ1n) is 8.44.